The Hall–Kier alpha value is -1.46. The molecule has 1 aliphatic rings. The number of ether oxygens (including phenoxy) is 1. The van der Waals surface area contributed by atoms with Crippen molar-refractivity contribution in [1.82, 2.24) is 5.32 Å². The van der Waals surface area contributed by atoms with Crippen molar-refractivity contribution in [1.29, 1.82) is 0 Å². The zero-order chi connectivity index (χ0) is 14.0. The number of carbonyl (C=O) groups excluding carboxylic acids is 1. The van der Waals surface area contributed by atoms with Crippen LogP contribution >= 0.6 is 0 Å². The molecule has 1 aromatic rings. The summed E-state index contributed by atoms with van der Waals surface area (Å²) >= 11 is 0. The van der Waals surface area contributed by atoms with Crippen LogP contribution in [0.15, 0.2) is 18.2 Å². The second-order valence-electron chi connectivity index (χ2n) is 4.91. The quantitative estimate of drug-likeness (QED) is 0.865. The summed E-state index contributed by atoms with van der Waals surface area (Å²) in [5.74, 6) is -0.725. The van der Waals surface area contributed by atoms with Gasteiger partial charge in [0.1, 0.15) is 5.82 Å². The summed E-state index contributed by atoms with van der Waals surface area (Å²) < 4.78 is 18.7. The van der Waals surface area contributed by atoms with Crippen LogP contribution in [-0.2, 0) is 4.74 Å². The summed E-state index contributed by atoms with van der Waals surface area (Å²) in [6.45, 7) is 4.24. The van der Waals surface area contributed by atoms with E-state index in [0.717, 1.165) is 6.42 Å². The molecule has 3 unspecified atom stereocenters. The molecule has 1 amide bonds. The average Bonchev–Trinajstić information content (AvgIpc) is 2.34. The number of halogens is 1. The minimum absolute atomic E-state index is 0.0430. The predicted octanol–water partition coefficient (Wildman–Crippen LogP) is 1.37. The van der Waals surface area contributed by atoms with E-state index in [1.807, 2.05) is 6.92 Å². The lowest BCUT2D eigenvalue weighted by Crippen LogP contribution is -2.64. The Bertz CT molecular complexity index is 456. The van der Waals surface area contributed by atoms with Crippen molar-refractivity contribution in [2.24, 2.45) is 5.73 Å². The zero-order valence-electron chi connectivity index (χ0n) is 11.2. The standard InChI is InChI=1S/C14H19FN2O2/c1-3-19-12-7-11(16)13(12)17-14(18)9-4-8(2)5-10(15)6-9/h4-6,11-13H,3,7,16H2,1-2H3,(H,17,18). The molecule has 0 aromatic heterocycles. The molecule has 3 atom stereocenters. The first kappa shape index (κ1) is 14.0. The van der Waals surface area contributed by atoms with Crippen LogP contribution in [0, 0.1) is 12.7 Å². The Balaban J connectivity index is 2.04. The predicted molar refractivity (Wildman–Crippen MR) is 70.4 cm³/mol. The average molecular weight is 266 g/mol. The molecule has 0 bridgehead atoms. The van der Waals surface area contributed by atoms with Gasteiger partial charge in [0.15, 0.2) is 0 Å². The van der Waals surface area contributed by atoms with Crippen molar-refractivity contribution in [3.63, 3.8) is 0 Å². The van der Waals surface area contributed by atoms with Gasteiger partial charge in [-0.25, -0.2) is 4.39 Å². The number of rotatable bonds is 4. The minimum Gasteiger partial charge on any atom is -0.376 e. The highest BCUT2D eigenvalue weighted by Gasteiger charge is 2.40. The fourth-order valence-corrected chi connectivity index (χ4v) is 2.33. The molecular weight excluding hydrogens is 247 g/mol. The Labute approximate surface area is 112 Å². The van der Waals surface area contributed by atoms with Gasteiger partial charge in [-0.2, -0.15) is 0 Å². The summed E-state index contributed by atoms with van der Waals surface area (Å²) in [5, 5.41) is 2.82. The van der Waals surface area contributed by atoms with E-state index in [-0.39, 0.29) is 24.1 Å². The largest absolute Gasteiger partial charge is 0.376 e. The smallest absolute Gasteiger partial charge is 0.251 e. The van der Waals surface area contributed by atoms with Crippen molar-refractivity contribution in [3.05, 3.63) is 35.1 Å². The number of amides is 1. The third-order valence-corrected chi connectivity index (χ3v) is 3.35. The van der Waals surface area contributed by atoms with E-state index >= 15 is 0 Å². The SMILES string of the molecule is CCOC1CC(N)C1NC(=O)c1cc(C)cc(F)c1. The zero-order valence-corrected chi connectivity index (χ0v) is 11.2. The molecule has 5 heteroatoms. The van der Waals surface area contributed by atoms with E-state index in [1.54, 1.807) is 13.0 Å². The van der Waals surface area contributed by atoms with Crippen molar-refractivity contribution >= 4 is 5.91 Å². The molecule has 0 heterocycles. The lowest BCUT2D eigenvalue weighted by Gasteiger charge is -2.42. The minimum atomic E-state index is -0.413. The van der Waals surface area contributed by atoms with E-state index in [2.05, 4.69) is 5.32 Å². The molecule has 0 aliphatic heterocycles. The Morgan fingerprint density at radius 1 is 1.53 bits per heavy atom. The summed E-state index contributed by atoms with van der Waals surface area (Å²) in [6, 6.07) is 3.96. The number of benzene rings is 1. The third-order valence-electron chi connectivity index (χ3n) is 3.35. The van der Waals surface area contributed by atoms with Gasteiger partial charge in [0.05, 0.1) is 12.1 Å². The lowest BCUT2D eigenvalue weighted by atomic mass is 9.83. The van der Waals surface area contributed by atoms with Gasteiger partial charge in [0.25, 0.3) is 5.91 Å². The van der Waals surface area contributed by atoms with Crippen molar-refractivity contribution in [2.45, 2.75) is 38.5 Å². The summed E-state index contributed by atoms with van der Waals surface area (Å²) in [6.07, 6.45) is 0.694. The molecule has 4 nitrogen and oxygen atoms in total. The summed E-state index contributed by atoms with van der Waals surface area (Å²) in [5.41, 5.74) is 6.89. The van der Waals surface area contributed by atoms with E-state index in [4.69, 9.17) is 10.5 Å². The molecule has 0 saturated heterocycles. The van der Waals surface area contributed by atoms with Crippen molar-refractivity contribution in [3.8, 4) is 0 Å². The molecule has 3 N–H and O–H groups in total. The van der Waals surface area contributed by atoms with Crippen molar-refractivity contribution < 1.29 is 13.9 Å². The van der Waals surface area contributed by atoms with Crippen LogP contribution in [0.4, 0.5) is 4.39 Å². The molecule has 0 radical (unpaired) electrons. The van der Waals surface area contributed by atoms with Gasteiger partial charge in [0.2, 0.25) is 0 Å². The number of nitrogens with one attached hydrogen (secondary N) is 1. The Morgan fingerprint density at radius 3 is 2.84 bits per heavy atom. The van der Waals surface area contributed by atoms with Crippen LogP contribution in [-0.4, -0.2) is 30.7 Å². The van der Waals surface area contributed by atoms with Crippen LogP contribution in [0.1, 0.15) is 29.3 Å². The maximum Gasteiger partial charge on any atom is 0.251 e. The number of aryl methyl sites for hydroxylation is 1. The first-order valence-corrected chi connectivity index (χ1v) is 6.46. The highest BCUT2D eigenvalue weighted by atomic mass is 19.1. The lowest BCUT2D eigenvalue weighted by molar-refractivity contribution is -0.0300. The van der Waals surface area contributed by atoms with Gasteiger partial charge in [-0.1, -0.05) is 0 Å². The normalized spacial score (nSPS) is 25.8. The van der Waals surface area contributed by atoms with Crippen LogP contribution < -0.4 is 11.1 Å². The topological polar surface area (TPSA) is 64.3 Å². The monoisotopic (exact) mass is 266 g/mol. The van der Waals surface area contributed by atoms with E-state index in [1.165, 1.54) is 12.1 Å². The molecular formula is C14H19FN2O2. The second-order valence-corrected chi connectivity index (χ2v) is 4.91. The molecule has 1 fully saturated rings. The first-order valence-electron chi connectivity index (χ1n) is 6.46. The Kier molecular flexibility index (Phi) is 4.17. The molecule has 19 heavy (non-hydrogen) atoms. The van der Waals surface area contributed by atoms with Gasteiger partial charge >= 0.3 is 0 Å². The van der Waals surface area contributed by atoms with Crippen LogP contribution in [0.3, 0.4) is 0 Å². The highest BCUT2D eigenvalue weighted by molar-refractivity contribution is 5.94. The maximum atomic E-state index is 13.3. The molecule has 0 spiro atoms. The molecule has 1 aromatic carbocycles. The first-order chi connectivity index (χ1) is 9.01. The van der Waals surface area contributed by atoms with Crippen molar-refractivity contribution in [2.75, 3.05) is 6.61 Å². The van der Waals surface area contributed by atoms with Crippen LogP contribution in [0.2, 0.25) is 0 Å². The highest BCUT2D eigenvalue weighted by Crippen LogP contribution is 2.23. The van der Waals surface area contributed by atoms with Gasteiger partial charge in [0, 0.05) is 18.2 Å². The summed E-state index contributed by atoms with van der Waals surface area (Å²) in [4.78, 5) is 12.1. The van der Waals surface area contributed by atoms with E-state index < -0.39 is 5.82 Å². The number of nitrogens with two attached hydrogens (primary N) is 1. The van der Waals surface area contributed by atoms with Gasteiger partial charge < -0.3 is 15.8 Å². The van der Waals surface area contributed by atoms with Gasteiger partial charge in [-0.15, -0.1) is 0 Å². The third kappa shape index (κ3) is 3.11. The van der Waals surface area contributed by atoms with E-state index in [9.17, 15) is 9.18 Å². The molecule has 104 valence electrons. The van der Waals surface area contributed by atoms with Crippen LogP contribution in [0.5, 0.6) is 0 Å². The Morgan fingerprint density at radius 2 is 2.26 bits per heavy atom. The molecule has 1 aliphatic carbocycles. The van der Waals surface area contributed by atoms with Crippen LogP contribution in [0.25, 0.3) is 0 Å². The molecule has 1 saturated carbocycles. The second kappa shape index (κ2) is 5.67. The maximum absolute atomic E-state index is 13.3. The summed E-state index contributed by atoms with van der Waals surface area (Å²) in [7, 11) is 0. The van der Waals surface area contributed by atoms with Gasteiger partial charge in [-0.3, -0.25) is 4.79 Å². The fourth-order valence-electron chi connectivity index (χ4n) is 2.33. The fraction of sp³-hybridized carbons (Fsp3) is 0.500. The number of hydrogen-bond acceptors (Lipinski definition) is 3. The van der Waals surface area contributed by atoms with Gasteiger partial charge in [-0.05, 0) is 44.0 Å². The number of carbonyl (C=O) groups is 1. The van der Waals surface area contributed by atoms with E-state index in [0.29, 0.717) is 17.7 Å². The molecule has 2 rings (SSSR count). The number of hydrogen-bond donors (Lipinski definition) is 2.